The number of carbonyl (C=O) groups is 4. The first kappa shape index (κ1) is 19.6. The molecule has 0 unspecified atom stereocenters. The van der Waals surface area contributed by atoms with Gasteiger partial charge in [-0.3, -0.25) is 29.0 Å². The van der Waals surface area contributed by atoms with Gasteiger partial charge in [-0.2, -0.15) is 0 Å². The monoisotopic (exact) mass is 388 g/mol. The van der Waals surface area contributed by atoms with E-state index in [1.165, 1.54) is 9.80 Å². The van der Waals surface area contributed by atoms with Gasteiger partial charge in [0.1, 0.15) is 0 Å². The lowest BCUT2D eigenvalue weighted by atomic mass is 9.62. The number of carbonyl (C=O) groups excluding carboxylic acids is 4. The normalized spacial score (nSPS) is 41.2. The van der Waals surface area contributed by atoms with Gasteiger partial charge in [-0.05, 0) is 36.5 Å². The van der Waals surface area contributed by atoms with Gasteiger partial charge in [-0.1, -0.05) is 41.5 Å². The summed E-state index contributed by atoms with van der Waals surface area (Å²) in [4.78, 5) is 55.1. The molecule has 0 aromatic carbocycles. The second-order valence-electron chi connectivity index (χ2n) is 10.9. The lowest BCUT2D eigenvalue weighted by Crippen LogP contribution is -2.63. The second-order valence-corrected chi connectivity index (χ2v) is 10.9. The Labute approximate surface area is 167 Å². The Hall–Kier alpha value is -1.72. The van der Waals surface area contributed by atoms with Crippen LogP contribution in [0.5, 0.6) is 0 Å². The van der Waals surface area contributed by atoms with Gasteiger partial charge in [0.25, 0.3) is 0 Å². The largest absolute Gasteiger partial charge is 0.280 e. The standard InChI is InChI=1S/C22H32N2O4/c1-19(2)13-7-9-21(19,5)17(27)23(15(13)25)11-12-24-16(26)14-8-10-22(6,18(24)28)20(14,3)4/h13-14H,7-12H2,1-6H3/t13-,14-,21-,22-/m0/s1. The quantitative estimate of drug-likeness (QED) is 0.697. The van der Waals surface area contributed by atoms with Crippen molar-refractivity contribution in [2.24, 2.45) is 33.5 Å². The maximum absolute atomic E-state index is 13.2. The van der Waals surface area contributed by atoms with Gasteiger partial charge in [0.15, 0.2) is 0 Å². The van der Waals surface area contributed by atoms with Crippen LogP contribution >= 0.6 is 0 Å². The Balaban J connectivity index is 1.56. The van der Waals surface area contributed by atoms with E-state index in [4.69, 9.17) is 0 Å². The van der Waals surface area contributed by atoms with Crippen molar-refractivity contribution in [1.29, 1.82) is 0 Å². The summed E-state index contributed by atoms with van der Waals surface area (Å²) < 4.78 is 0. The molecule has 0 radical (unpaired) electrons. The Bertz CT molecular complexity index is 734. The number of piperidine rings is 2. The summed E-state index contributed by atoms with van der Waals surface area (Å²) in [7, 11) is 0. The summed E-state index contributed by atoms with van der Waals surface area (Å²) in [5.41, 5.74) is -1.83. The fraction of sp³-hybridized carbons (Fsp3) is 0.818. The van der Waals surface area contributed by atoms with E-state index in [9.17, 15) is 19.2 Å². The summed E-state index contributed by atoms with van der Waals surface area (Å²) >= 11 is 0. The van der Waals surface area contributed by atoms with Crippen LogP contribution < -0.4 is 0 Å². The molecule has 0 spiro atoms. The van der Waals surface area contributed by atoms with Gasteiger partial charge in [0, 0.05) is 24.9 Å². The van der Waals surface area contributed by atoms with E-state index in [1.807, 2.05) is 41.5 Å². The summed E-state index contributed by atoms with van der Waals surface area (Å²) in [6, 6.07) is 0. The molecular weight excluding hydrogens is 356 g/mol. The zero-order valence-corrected chi connectivity index (χ0v) is 17.9. The van der Waals surface area contributed by atoms with Crippen LogP contribution in [0.4, 0.5) is 0 Å². The van der Waals surface area contributed by atoms with Gasteiger partial charge >= 0.3 is 0 Å². The number of hydrogen-bond donors (Lipinski definition) is 0. The minimum atomic E-state index is -0.561. The van der Waals surface area contributed by atoms with Crippen molar-refractivity contribution in [3.8, 4) is 0 Å². The van der Waals surface area contributed by atoms with Crippen LogP contribution in [-0.4, -0.2) is 46.5 Å². The highest BCUT2D eigenvalue weighted by molar-refractivity contribution is 6.05. The summed E-state index contributed by atoms with van der Waals surface area (Å²) in [5.74, 6) is -0.927. The van der Waals surface area contributed by atoms with E-state index >= 15 is 0 Å². The van der Waals surface area contributed by atoms with Crippen molar-refractivity contribution in [3.05, 3.63) is 0 Å². The third kappa shape index (κ3) is 1.99. The van der Waals surface area contributed by atoms with E-state index in [0.717, 1.165) is 12.8 Å². The molecule has 28 heavy (non-hydrogen) atoms. The highest BCUT2D eigenvalue weighted by atomic mass is 16.2. The molecule has 4 aliphatic rings. The van der Waals surface area contributed by atoms with E-state index < -0.39 is 10.8 Å². The Morgan fingerprint density at radius 2 is 1.00 bits per heavy atom. The number of likely N-dealkylation sites (tertiary alicyclic amines) is 2. The number of hydrogen-bond acceptors (Lipinski definition) is 4. The van der Waals surface area contributed by atoms with Crippen LogP contribution in [0.2, 0.25) is 0 Å². The zero-order valence-electron chi connectivity index (χ0n) is 17.9. The lowest BCUT2D eigenvalue weighted by Gasteiger charge is -2.49. The van der Waals surface area contributed by atoms with Gasteiger partial charge in [-0.25, -0.2) is 0 Å². The molecule has 4 atom stereocenters. The highest BCUT2D eigenvalue weighted by Crippen LogP contribution is 2.61. The fourth-order valence-corrected chi connectivity index (χ4v) is 6.43. The summed E-state index contributed by atoms with van der Waals surface area (Å²) in [6.45, 7) is 12.2. The molecule has 0 aromatic rings. The van der Waals surface area contributed by atoms with Crippen LogP contribution in [0.15, 0.2) is 0 Å². The lowest BCUT2D eigenvalue weighted by molar-refractivity contribution is -0.173. The van der Waals surface area contributed by atoms with E-state index in [0.29, 0.717) is 12.8 Å². The Kier molecular flexibility index (Phi) is 3.81. The van der Waals surface area contributed by atoms with Gasteiger partial charge in [-0.15, -0.1) is 0 Å². The predicted octanol–water partition coefficient (Wildman–Crippen LogP) is 2.61. The summed E-state index contributed by atoms with van der Waals surface area (Å²) in [5, 5.41) is 0. The summed E-state index contributed by atoms with van der Waals surface area (Å²) in [6.07, 6.45) is 2.87. The zero-order chi connectivity index (χ0) is 20.9. The molecule has 2 aliphatic carbocycles. The van der Waals surface area contributed by atoms with Crippen LogP contribution in [0, 0.1) is 33.5 Å². The Morgan fingerprint density at radius 1 is 0.679 bits per heavy atom. The maximum atomic E-state index is 13.2. The number of imide groups is 2. The number of rotatable bonds is 3. The van der Waals surface area contributed by atoms with E-state index in [2.05, 4.69) is 0 Å². The van der Waals surface area contributed by atoms with Crippen LogP contribution in [0.3, 0.4) is 0 Å². The topological polar surface area (TPSA) is 74.8 Å². The molecule has 2 saturated heterocycles. The highest BCUT2D eigenvalue weighted by Gasteiger charge is 2.66. The molecular formula is C22H32N2O4. The third-order valence-corrected chi connectivity index (χ3v) is 9.56. The predicted molar refractivity (Wildman–Crippen MR) is 103 cm³/mol. The molecule has 4 fully saturated rings. The van der Waals surface area contributed by atoms with Crippen molar-refractivity contribution >= 4 is 23.6 Å². The van der Waals surface area contributed by atoms with Crippen molar-refractivity contribution in [1.82, 2.24) is 9.80 Å². The minimum absolute atomic E-state index is 0.112. The first-order chi connectivity index (χ1) is 12.8. The van der Waals surface area contributed by atoms with Crippen LogP contribution in [0.1, 0.15) is 67.2 Å². The SMILES string of the molecule is CC1(C)[C@H]2CC[C@@]1(C)C(=O)N(CCN1C(=O)[C@@H]3CC[C@@](C)(C1=O)C3(C)C)C2=O. The first-order valence-corrected chi connectivity index (χ1v) is 10.5. The average Bonchev–Trinajstić information content (AvgIpc) is 2.91. The minimum Gasteiger partial charge on any atom is -0.280 e. The van der Waals surface area contributed by atoms with Crippen molar-refractivity contribution in [2.75, 3.05) is 13.1 Å². The third-order valence-electron chi connectivity index (χ3n) is 9.56. The molecule has 6 nitrogen and oxygen atoms in total. The fourth-order valence-electron chi connectivity index (χ4n) is 6.43. The molecule has 2 heterocycles. The smallest absolute Gasteiger partial charge is 0.235 e. The van der Waals surface area contributed by atoms with Crippen LogP contribution in [-0.2, 0) is 19.2 Å². The van der Waals surface area contributed by atoms with Gasteiger partial charge in [0.05, 0.1) is 10.8 Å². The van der Waals surface area contributed by atoms with E-state index in [1.54, 1.807) is 0 Å². The van der Waals surface area contributed by atoms with Crippen molar-refractivity contribution < 1.29 is 19.2 Å². The molecule has 4 bridgehead atoms. The molecule has 4 rings (SSSR count). The molecule has 0 aromatic heterocycles. The Morgan fingerprint density at radius 3 is 1.32 bits per heavy atom. The number of amides is 4. The first-order valence-electron chi connectivity index (χ1n) is 10.5. The average molecular weight is 389 g/mol. The van der Waals surface area contributed by atoms with Gasteiger partial charge < -0.3 is 0 Å². The molecule has 2 aliphatic heterocycles. The molecule has 6 heteroatoms. The molecule has 4 amide bonds. The molecule has 154 valence electrons. The molecule has 0 N–H and O–H groups in total. The van der Waals surface area contributed by atoms with E-state index in [-0.39, 0.29) is 59.4 Å². The molecule has 2 saturated carbocycles. The van der Waals surface area contributed by atoms with Crippen molar-refractivity contribution in [2.45, 2.75) is 67.2 Å². The maximum Gasteiger partial charge on any atom is 0.235 e. The second kappa shape index (κ2) is 5.45. The van der Waals surface area contributed by atoms with Crippen LogP contribution in [0.25, 0.3) is 0 Å². The number of nitrogens with zero attached hydrogens (tertiary/aromatic N) is 2. The van der Waals surface area contributed by atoms with Gasteiger partial charge in [0.2, 0.25) is 23.6 Å². The number of fused-ring (bicyclic) bond motifs is 4. The van der Waals surface area contributed by atoms with Crippen molar-refractivity contribution in [3.63, 3.8) is 0 Å².